The first kappa shape index (κ1) is 13.8. The molecule has 0 atom stereocenters. The van der Waals surface area contributed by atoms with Gasteiger partial charge in [0.05, 0.1) is 17.7 Å². The third kappa shape index (κ3) is 2.43. The maximum absolute atomic E-state index is 5.87. The van der Waals surface area contributed by atoms with Crippen molar-refractivity contribution in [2.45, 2.75) is 6.92 Å². The Morgan fingerprint density at radius 3 is 2.62 bits per heavy atom. The van der Waals surface area contributed by atoms with E-state index in [0.717, 1.165) is 26.9 Å². The van der Waals surface area contributed by atoms with Crippen LogP contribution >= 0.6 is 23.6 Å². The second-order valence-electron chi connectivity index (χ2n) is 4.38. The summed E-state index contributed by atoms with van der Waals surface area (Å²) in [4.78, 5) is 5.48. The number of aromatic nitrogens is 4. The maximum atomic E-state index is 5.87. The number of thiazole rings is 1. The van der Waals surface area contributed by atoms with Gasteiger partial charge in [-0.15, -0.1) is 11.3 Å². The molecule has 2 heterocycles. The molecule has 2 aromatic heterocycles. The summed E-state index contributed by atoms with van der Waals surface area (Å²) in [5, 5.41) is 7.73. The highest BCUT2D eigenvalue weighted by molar-refractivity contribution is 7.71. The number of aromatic amines is 1. The van der Waals surface area contributed by atoms with Gasteiger partial charge in [0.2, 0.25) is 4.77 Å². The third-order valence-corrected chi connectivity index (χ3v) is 4.53. The lowest BCUT2D eigenvalue weighted by atomic mass is 10.2. The normalized spacial score (nSPS) is 10.8. The highest BCUT2D eigenvalue weighted by Gasteiger charge is 2.16. The topological polar surface area (TPSA) is 81.8 Å². The molecule has 0 amide bonds. The highest BCUT2D eigenvalue weighted by atomic mass is 32.1. The molecular formula is C13H13N5OS2. The van der Waals surface area contributed by atoms with Gasteiger partial charge < -0.3 is 10.6 Å². The van der Waals surface area contributed by atoms with Crippen LogP contribution in [0.5, 0.6) is 5.75 Å². The van der Waals surface area contributed by atoms with Gasteiger partial charge in [-0.3, -0.25) is 0 Å². The predicted octanol–water partition coefficient (Wildman–Crippen LogP) is 2.76. The van der Waals surface area contributed by atoms with Gasteiger partial charge in [0.1, 0.15) is 10.8 Å². The Bertz CT molecular complexity index is 831. The minimum atomic E-state index is 0.379. The largest absolute Gasteiger partial charge is 0.497 e. The Hall–Kier alpha value is -2.19. The molecule has 108 valence electrons. The van der Waals surface area contributed by atoms with Gasteiger partial charge >= 0.3 is 0 Å². The van der Waals surface area contributed by atoms with E-state index in [9.17, 15) is 0 Å². The van der Waals surface area contributed by atoms with Crippen molar-refractivity contribution < 1.29 is 4.74 Å². The number of methoxy groups -OCH3 is 1. The zero-order chi connectivity index (χ0) is 15.0. The molecule has 0 aliphatic rings. The first-order valence-electron chi connectivity index (χ1n) is 6.15. The summed E-state index contributed by atoms with van der Waals surface area (Å²) < 4.78 is 6.89. The van der Waals surface area contributed by atoms with Crippen LogP contribution < -0.4 is 10.6 Å². The van der Waals surface area contributed by atoms with Crippen molar-refractivity contribution in [3.63, 3.8) is 0 Å². The summed E-state index contributed by atoms with van der Waals surface area (Å²) in [6.45, 7) is 1.93. The van der Waals surface area contributed by atoms with E-state index in [2.05, 4.69) is 15.2 Å². The number of ether oxygens (including phenoxy) is 1. The lowest BCUT2D eigenvalue weighted by molar-refractivity contribution is 0.415. The van der Waals surface area contributed by atoms with E-state index in [1.165, 1.54) is 16.0 Å². The average Bonchev–Trinajstić information content (AvgIpc) is 3.03. The smallest absolute Gasteiger partial charge is 0.214 e. The highest BCUT2D eigenvalue weighted by Crippen LogP contribution is 2.34. The van der Waals surface area contributed by atoms with E-state index in [0.29, 0.717) is 10.6 Å². The molecule has 0 saturated heterocycles. The molecular weight excluding hydrogens is 306 g/mol. The molecule has 0 bridgehead atoms. The van der Waals surface area contributed by atoms with Crippen molar-refractivity contribution in [2.75, 3.05) is 13.0 Å². The minimum Gasteiger partial charge on any atom is -0.497 e. The summed E-state index contributed by atoms with van der Waals surface area (Å²) in [7, 11) is 1.64. The summed E-state index contributed by atoms with van der Waals surface area (Å²) in [5.74, 6) is 7.28. The van der Waals surface area contributed by atoms with Gasteiger partial charge in [-0.2, -0.15) is 5.10 Å². The average molecular weight is 319 g/mol. The minimum absolute atomic E-state index is 0.379. The van der Waals surface area contributed by atoms with Crippen LogP contribution in [-0.2, 0) is 0 Å². The number of nitrogens with zero attached hydrogens (tertiary/aromatic N) is 3. The van der Waals surface area contributed by atoms with Crippen molar-refractivity contribution in [3.05, 3.63) is 34.7 Å². The summed E-state index contributed by atoms with van der Waals surface area (Å²) in [6, 6.07) is 7.76. The summed E-state index contributed by atoms with van der Waals surface area (Å²) >= 11 is 6.56. The van der Waals surface area contributed by atoms with Crippen LogP contribution in [0.25, 0.3) is 21.3 Å². The zero-order valence-electron chi connectivity index (χ0n) is 11.5. The van der Waals surface area contributed by atoms with E-state index in [4.69, 9.17) is 22.8 Å². The molecule has 3 rings (SSSR count). The number of nitrogen functional groups attached to an aromatic ring is 1. The van der Waals surface area contributed by atoms with Crippen LogP contribution in [-0.4, -0.2) is 27.0 Å². The summed E-state index contributed by atoms with van der Waals surface area (Å²) in [5.41, 5.74) is 1.89. The lowest BCUT2D eigenvalue weighted by Gasteiger charge is -2.00. The Balaban J connectivity index is 2.04. The molecule has 0 saturated carbocycles. The first-order chi connectivity index (χ1) is 10.1. The third-order valence-electron chi connectivity index (χ3n) is 3.04. The van der Waals surface area contributed by atoms with Crippen LogP contribution in [0.4, 0.5) is 0 Å². The zero-order valence-corrected chi connectivity index (χ0v) is 13.1. The Morgan fingerprint density at radius 2 is 2.05 bits per heavy atom. The fourth-order valence-electron chi connectivity index (χ4n) is 1.93. The van der Waals surface area contributed by atoms with Gasteiger partial charge in [0.25, 0.3) is 0 Å². The number of nitrogens with one attached hydrogen (secondary N) is 1. The van der Waals surface area contributed by atoms with E-state index in [1.54, 1.807) is 7.11 Å². The number of nitrogens with two attached hydrogens (primary N) is 1. The number of hydrogen-bond donors (Lipinski definition) is 2. The van der Waals surface area contributed by atoms with Gasteiger partial charge in [-0.1, -0.05) is 0 Å². The van der Waals surface area contributed by atoms with Crippen LogP contribution in [0.2, 0.25) is 0 Å². The van der Waals surface area contributed by atoms with Crippen LogP contribution in [0, 0.1) is 11.7 Å². The Labute approximate surface area is 130 Å². The molecule has 3 N–H and O–H groups in total. The second-order valence-corrected chi connectivity index (χ2v) is 5.77. The predicted molar refractivity (Wildman–Crippen MR) is 85.4 cm³/mol. The number of H-pyrrole nitrogens is 1. The number of rotatable bonds is 3. The van der Waals surface area contributed by atoms with Gasteiger partial charge in [0.15, 0.2) is 5.82 Å². The first-order valence-corrected chi connectivity index (χ1v) is 7.37. The lowest BCUT2D eigenvalue weighted by Crippen LogP contribution is -2.09. The van der Waals surface area contributed by atoms with E-state index >= 15 is 0 Å². The van der Waals surface area contributed by atoms with Crippen molar-refractivity contribution in [3.8, 4) is 27.0 Å². The van der Waals surface area contributed by atoms with Crippen LogP contribution in [0.3, 0.4) is 0 Å². The number of hydrogen-bond acceptors (Lipinski definition) is 6. The second kappa shape index (κ2) is 5.30. The molecule has 8 heteroatoms. The van der Waals surface area contributed by atoms with E-state index in [1.807, 2.05) is 31.2 Å². The van der Waals surface area contributed by atoms with Crippen molar-refractivity contribution >= 4 is 23.6 Å². The molecule has 0 spiro atoms. The Morgan fingerprint density at radius 1 is 1.33 bits per heavy atom. The Kier molecular flexibility index (Phi) is 3.48. The molecule has 0 unspecified atom stereocenters. The number of aryl methyl sites for hydroxylation is 1. The number of benzene rings is 1. The molecule has 0 aliphatic heterocycles. The van der Waals surface area contributed by atoms with Gasteiger partial charge in [0, 0.05) is 5.56 Å². The van der Waals surface area contributed by atoms with E-state index in [-0.39, 0.29) is 0 Å². The molecule has 1 aromatic carbocycles. The molecule has 3 aromatic rings. The SMILES string of the molecule is COc1ccc(-c2nc(C)c(-c3n[nH]c(=S)n3N)s2)cc1. The van der Waals surface area contributed by atoms with Gasteiger partial charge in [-0.05, 0) is 43.4 Å². The molecule has 0 aliphatic carbocycles. The standard InChI is InChI=1S/C13H13N5OS2/c1-7-10(11-16-17-13(20)18(11)14)21-12(15-7)8-3-5-9(19-2)6-4-8/h3-6H,14H2,1-2H3,(H,17,20). The van der Waals surface area contributed by atoms with Crippen molar-refractivity contribution in [1.29, 1.82) is 0 Å². The monoisotopic (exact) mass is 319 g/mol. The van der Waals surface area contributed by atoms with Crippen LogP contribution in [0.1, 0.15) is 5.69 Å². The molecule has 0 radical (unpaired) electrons. The maximum Gasteiger partial charge on any atom is 0.214 e. The molecule has 21 heavy (non-hydrogen) atoms. The van der Waals surface area contributed by atoms with Crippen LogP contribution in [0.15, 0.2) is 24.3 Å². The quantitative estimate of drug-likeness (QED) is 0.573. The fraction of sp³-hybridized carbons (Fsp3) is 0.154. The molecule has 0 fully saturated rings. The fourth-order valence-corrected chi connectivity index (χ4v) is 3.12. The molecule has 6 nitrogen and oxygen atoms in total. The van der Waals surface area contributed by atoms with E-state index < -0.39 is 0 Å². The van der Waals surface area contributed by atoms with Crippen molar-refractivity contribution in [1.82, 2.24) is 19.9 Å². The van der Waals surface area contributed by atoms with Gasteiger partial charge in [-0.25, -0.2) is 14.8 Å². The summed E-state index contributed by atoms with van der Waals surface area (Å²) in [6.07, 6.45) is 0. The van der Waals surface area contributed by atoms with Crippen molar-refractivity contribution in [2.24, 2.45) is 0 Å².